The predicted octanol–water partition coefficient (Wildman–Crippen LogP) is 3.31. The number of hydrogen-bond acceptors (Lipinski definition) is 1. The molecule has 4 aliphatic carbocycles. The quantitative estimate of drug-likeness (QED) is 0.658. The molecule has 0 amide bonds. The zero-order valence-corrected chi connectivity index (χ0v) is 10.3. The van der Waals surface area contributed by atoms with Gasteiger partial charge in [0.1, 0.15) is 5.78 Å². The zero-order chi connectivity index (χ0) is 9.97. The molecule has 2 heteroatoms. The van der Waals surface area contributed by atoms with E-state index in [2.05, 4.69) is 15.9 Å². The molecule has 4 fully saturated rings. The third kappa shape index (κ3) is 1.16. The standard InChI is InChI=1S/C12H17BrO/c1-8(14)11-3-9-2-10(4-11)6-12(13,5-9)7-11/h9-10H,2-7H2,1H3. The Hall–Kier alpha value is 0.150. The SMILES string of the molecule is CC(=O)C12CC3CC(CC(Br)(C3)C1)C2. The fraction of sp³-hybridized carbons (Fsp3) is 0.917. The first-order chi connectivity index (χ1) is 6.51. The van der Waals surface area contributed by atoms with E-state index in [1.807, 2.05) is 6.92 Å². The molecule has 4 bridgehead atoms. The van der Waals surface area contributed by atoms with Gasteiger partial charge in [-0.2, -0.15) is 0 Å². The highest BCUT2D eigenvalue weighted by Gasteiger charge is 2.58. The number of carbonyl (C=O) groups is 1. The van der Waals surface area contributed by atoms with Crippen LogP contribution in [0.5, 0.6) is 0 Å². The Labute approximate surface area is 93.8 Å². The second kappa shape index (κ2) is 2.63. The van der Waals surface area contributed by atoms with Gasteiger partial charge in [0.15, 0.2) is 0 Å². The summed E-state index contributed by atoms with van der Waals surface area (Å²) in [6, 6.07) is 0. The van der Waals surface area contributed by atoms with Gasteiger partial charge >= 0.3 is 0 Å². The van der Waals surface area contributed by atoms with Crippen LogP contribution in [0.25, 0.3) is 0 Å². The van der Waals surface area contributed by atoms with E-state index in [0.717, 1.165) is 18.3 Å². The second-order valence-electron chi connectivity index (χ2n) is 5.95. The van der Waals surface area contributed by atoms with Gasteiger partial charge in [-0.25, -0.2) is 0 Å². The summed E-state index contributed by atoms with van der Waals surface area (Å²) in [6.45, 7) is 1.81. The van der Waals surface area contributed by atoms with Crippen LogP contribution in [-0.2, 0) is 4.79 Å². The Bertz CT molecular complexity index is 283. The van der Waals surface area contributed by atoms with E-state index < -0.39 is 0 Å². The van der Waals surface area contributed by atoms with Gasteiger partial charge in [-0.3, -0.25) is 4.79 Å². The van der Waals surface area contributed by atoms with E-state index in [9.17, 15) is 4.79 Å². The van der Waals surface area contributed by atoms with Gasteiger partial charge in [0, 0.05) is 9.74 Å². The van der Waals surface area contributed by atoms with Crippen LogP contribution in [0.3, 0.4) is 0 Å². The van der Waals surface area contributed by atoms with Crippen LogP contribution < -0.4 is 0 Å². The normalized spacial score (nSPS) is 55.0. The van der Waals surface area contributed by atoms with Crippen LogP contribution in [0.15, 0.2) is 0 Å². The van der Waals surface area contributed by atoms with Crippen molar-refractivity contribution >= 4 is 21.7 Å². The van der Waals surface area contributed by atoms with E-state index in [1.165, 1.54) is 32.1 Å². The van der Waals surface area contributed by atoms with Crippen LogP contribution >= 0.6 is 15.9 Å². The Morgan fingerprint density at radius 1 is 1.21 bits per heavy atom. The second-order valence-corrected chi connectivity index (χ2v) is 7.63. The number of alkyl halides is 1. The lowest BCUT2D eigenvalue weighted by Crippen LogP contribution is -2.55. The molecule has 1 nitrogen and oxygen atoms in total. The number of ketones is 1. The van der Waals surface area contributed by atoms with Crippen molar-refractivity contribution in [3.63, 3.8) is 0 Å². The molecule has 0 aliphatic heterocycles. The number of Topliss-reactive ketones (excluding diaryl/α,β-unsaturated/α-hetero) is 1. The van der Waals surface area contributed by atoms with Crippen LogP contribution in [0.1, 0.15) is 45.4 Å². The molecule has 0 heterocycles. The Kier molecular flexibility index (Phi) is 1.76. The van der Waals surface area contributed by atoms with E-state index in [1.54, 1.807) is 0 Å². The van der Waals surface area contributed by atoms with Crippen molar-refractivity contribution in [2.75, 3.05) is 0 Å². The Balaban J connectivity index is 2.00. The van der Waals surface area contributed by atoms with E-state index in [4.69, 9.17) is 0 Å². The average molecular weight is 257 g/mol. The van der Waals surface area contributed by atoms with Gasteiger partial charge in [-0.05, 0) is 57.3 Å². The van der Waals surface area contributed by atoms with Gasteiger partial charge in [0.25, 0.3) is 0 Å². The van der Waals surface area contributed by atoms with Gasteiger partial charge in [-0.1, -0.05) is 15.9 Å². The maximum Gasteiger partial charge on any atom is 0.136 e. The molecule has 0 radical (unpaired) electrons. The van der Waals surface area contributed by atoms with Crippen molar-refractivity contribution in [3.05, 3.63) is 0 Å². The van der Waals surface area contributed by atoms with Gasteiger partial charge in [0.05, 0.1) is 0 Å². The van der Waals surface area contributed by atoms with Crippen molar-refractivity contribution in [2.45, 2.75) is 49.8 Å². The summed E-state index contributed by atoms with van der Waals surface area (Å²) in [6.07, 6.45) is 7.51. The minimum atomic E-state index is 0.0770. The van der Waals surface area contributed by atoms with Crippen molar-refractivity contribution in [2.24, 2.45) is 17.3 Å². The summed E-state index contributed by atoms with van der Waals surface area (Å²) in [5.74, 6) is 2.12. The molecule has 0 aromatic carbocycles. The molecule has 2 unspecified atom stereocenters. The van der Waals surface area contributed by atoms with Crippen LogP contribution in [0, 0.1) is 17.3 Å². The fourth-order valence-corrected chi connectivity index (χ4v) is 6.02. The first kappa shape index (κ1) is 9.38. The molecule has 0 N–H and O–H groups in total. The average Bonchev–Trinajstić information content (AvgIpc) is 1.98. The van der Waals surface area contributed by atoms with Crippen molar-refractivity contribution in [1.82, 2.24) is 0 Å². The summed E-state index contributed by atoms with van der Waals surface area (Å²) < 4.78 is 0.336. The lowest BCUT2D eigenvalue weighted by Gasteiger charge is -2.59. The minimum absolute atomic E-state index is 0.0770. The van der Waals surface area contributed by atoms with Crippen LogP contribution in [0.2, 0.25) is 0 Å². The monoisotopic (exact) mass is 256 g/mol. The van der Waals surface area contributed by atoms with Crippen LogP contribution in [0.4, 0.5) is 0 Å². The Morgan fingerprint density at radius 2 is 1.79 bits per heavy atom. The molecule has 0 aromatic heterocycles. The number of hydrogen-bond donors (Lipinski definition) is 0. The number of rotatable bonds is 1. The van der Waals surface area contributed by atoms with Crippen LogP contribution in [-0.4, -0.2) is 10.1 Å². The van der Waals surface area contributed by atoms with Gasteiger partial charge in [0.2, 0.25) is 0 Å². The van der Waals surface area contributed by atoms with E-state index >= 15 is 0 Å². The first-order valence-electron chi connectivity index (χ1n) is 5.71. The topological polar surface area (TPSA) is 17.1 Å². The molecule has 78 valence electrons. The highest BCUT2D eigenvalue weighted by Crippen LogP contribution is 2.64. The smallest absolute Gasteiger partial charge is 0.136 e. The van der Waals surface area contributed by atoms with Crippen molar-refractivity contribution < 1.29 is 4.79 Å². The lowest BCUT2D eigenvalue weighted by atomic mass is 9.48. The predicted molar refractivity (Wildman–Crippen MR) is 59.5 cm³/mol. The first-order valence-corrected chi connectivity index (χ1v) is 6.51. The molecule has 4 saturated carbocycles. The molecule has 0 saturated heterocycles. The van der Waals surface area contributed by atoms with Gasteiger partial charge in [-0.15, -0.1) is 0 Å². The summed E-state index contributed by atoms with van der Waals surface area (Å²) in [5, 5.41) is 0. The maximum atomic E-state index is 11.8. The summed E-state index contributed by atoms with van der Waals surface area (Å²) in [4.78, 5) is 11.8. The molecule has 0 aromatic rings. The van der Waals surface area contributed by atoms with Crippen molar-refractivity contribution in [3.8, 4) is 0 Å². The number of halogens is 1. The third-order valence-corrected chi connectivity index (χ3v) is 5.66. The highest BCUT2D eigenvalue weighted by atomic mass is 79.9. The molecule has 2 atom stereocenters. The molecular weight excluding hydrogens is 240 g/mol. The van der Waals surface area contributed by atoms with Crippen molar-refractivity contribution in [1.29, 1.82) is 0 Å². The molecular formula is C12H17BrO. The highest BCUT2D eigenvalue weighted by molar-refractivity contribution is 9.10. The van der Waals surface area contributed by atoms with E-state index in [0.29, 0.717) is 10.1 Å². The molecule has 4 rings (SSSR count). The molecule has 4 aliphatic rings. The Morgan fingerprint density at radius 3 is 2.21 bits per heavy atom. The fourth-order valence-electron chi connectivity index (χ4n) is 4.56. The summed E-state index contributed by atoms with van der Waals surface area (Å²) >= 11 is 3.91. The zero-order valence-electron chi connectivity index (χ0n) is 8.68. The number of carbonyl (C=O) groups excluding carboxylic acids is 1. The largest absolute Gasteiger partial charge is 0.299 e. The maximum absolute atomic E-state index is 11.8. The third-order valence-electron chi connectivity index (χ3n) is 4.74. The summed E-state index contributed by atoms with van der Waals surface area (Å²) in [5.41, 5.74) is 0.0770. The lowest BCUT2D eigenvalue weighted by molar-refractivity contribution is -0.139. The molecule has 0 spiro atoms. The van der Waals surface area contributed by atoms with Gasteiger partial charge < -0.3 is 0 Å². The minimum Gasteiger partial charge on any atom is -0.299 e. The molecule has 14 heavy (non-hydrogen) atoms. The van der Waals surface area contributed by atoms with E-state index in [-0.39, 0.29) is 5.41 Å². The summed E-state index contributed by atoms with van der Waals surface area (Å²) in [7, 11) is 0.